The summed E-state index contributed by atoms with van der Waals surface area (Å²) in [4.78, 5) is 11.8. The van der Waals surface area contributed by atoms with E-state index in [9.17, 15) is 4.79 Å². The Hall–Kier alpha value is -0.680. The van der Waals surface area contributed by atoms with Gasteiger partial charge in [-0.3, -0.25) is 4.79 Å². The molecule has 0 saturated heterocycles. The smallest absolute Gasteiger partial charge is 0.222 e. The maximum atomic E-state index is 11.5. The molecule has 1 aliphatic rings. The summed E-state index contributed by atoms with van der Waals surface area (Å²) in [6.07, 6.45) is 2.58. The van der Waals surface area contributed by atoms with Crippen molar-refractivity contribution in [3.63, 3.8) is 0 Å². The summed E-state index contributed by atoms with van der Waals surface area (Å²) in [6, 6.07) is -0.117. The van der Waals surface area contributed by atoms with Gasteiger partial charge >= 0.3 is 0 Å². The second-order valence-electron chi connectivity index (χ2n) is 3.73. The molecule has 1 unspecified atom stereocenters. The summed E-state index contributed by atoms with van der Waals surface area (Å²) in [5, 5.41) is 2.85. The molecular formula is C10H18N2O2S. The highest BCUT2D eigenvalue weighted by Gasteiger charge is 2.33. The SMILES string of the molecule is CCOCCC(=O)NC(C(N)=S)C1CC1. The zero-order chi connectivity index (χ0) is 11.3. The van der Waals surface area contributed by atoms with Crippen molar-refractivity contribution in [3.8, 4) is 0 Å². The van der Waals surface area contributed by atoms with E-state index >= 15 is 0 Å². The van der Waals surface area contributed by atoms with Crippen molar-refractivity contribution in [2.45, 2.75) is 32.2 Å². The average molecular weight is 230 g/mol. The average Bonchev–Trinajstić information content (AvgIpc) is 2.97. The van der Waals surface area contributed by atoms with Gasteiger partial charge in [-0.05, 0) is 25.7 Å². The number of carbonyl (C=O) groups excluding carboxylic acids is 1. The topological polar surface area (TPSA) is 64.3 Å². The van der Waals surface area contributed by atoms with E-state index < -0.39 is 0 Å². The van der Waals surface area contributed by atoms with Crippen LogP contribution in [-0.4, -0.2) is 30.2 Å². The lowest BCUT2D eigenvalue weighted by atomic mass is 10.2. The lowest BCUT2D eigenvalue weighted by molar-refractivity contribution is -0.122. The van der Waals surface area contributed by atoms with Crippen molar-refractivity contribution in [1.82, 2.24) is 5.32 Å². The molecule has 1 fully saturated rings. The summed E-state index contributed by atoms with van der Waals surface area (Å²) in [5.74, 6) is 0.423. The minimum Gasteiger partial charge on any atom is -0.392 e. The molecule has 15 heavy (non-hydrogen) atoms. The number of rotatable bonds is 7. The number of amides is 1. The van der Waals surface area contributed by atoms with Crippen LogP contribution >= 0.6 is 12.2 Å². The third-order valence-corrected chi connectivity index (χ3v) is 2.65. The molecule has 0 bridgehead atoms. The molecule has 0 aromatic carbocycles. The summed E-state index contributed by atoms with van der Waals surface area (Å²) < 4.78 is 5.10. The quantitative estimate of drug-likeness (QED) is 0.496. The third-order valence-electron chi connectivity index (χ3n) is 2.39. The molecule has 5 heteroatoms. The molecule has 0 aromatic heterocycles. The van der Waals surface area contributed by atoms with Crippen LogP contribution in [0.2, 0.25) is 0 Å². The van der Waals surface area contributed by atoms with Gasteiger partial charge in [-0.2, -0.15) is 0 Å². The number of nitrogens with two attached hydrogens (primary N) is 1. The molecular weight excluding hydrogens is 212 g/mol. The van der Waals surface area contributed by atoms with Gasteiger partial charge in [0.05, 0.1) is 17.6 Å². The Labute approximate surface area is 95.5 Å². The van der Waals surface area contributed by atoms with Crippen molar-refractivity contribution < 1.29 is 9.53 Å². The number of ether oxygens (including phenoxy) is 1. The van der Waals surface area contributed by atoms with Gasteiger partial charge in [-0.25, -0.2) is 0 Å². The van der Waals surface area contributed by atoms with Crippen LogP contribution in [0.25, 0.3) is 0 Å². The van der Waals surface area contributed by atoms with Crippen LogP contribution in [0.5, 0.6) is 0 Å². The van der Waals surface area contributed by atoms with E-state index in [0.717, 1.165) is 12.8 Å². The van der Waals surface area contributed by atoms with Gasteiger partial charge < -0.3 is 15.8 Å². The van der Waals surface area contributed by atoms with Gasteiger partial charge in [-0.1, -0.05) is 12.2 Å². The van der Waals surface area contributed by atoms with E-state index in [1.807, 2.05) is 6.92 Å². The van der Waals surface area contributed by atoms with Gasteiger partial charge in [0, 0.05) is 13.0 Å². The van der Waals surface area contributed by atoms with Crippen LogP contribution in [0, 0.1) is 5.92 Å². The molecule has 0 heterocycles. The second-order valence-corrected chi connectivity index (χ2v) is 4.20. The number of hydrogen-bond donors (Lipinski definition) is 2. The van der Waals surface area contributed by atoms with E-state index in [2.05, 4.69) is 5.32 Å². The first kappa shape index (κ1) is 12.4. The van der Waals surface area contributed by atoms with Crippen LogP contribution in [0.1, 0.15) is 26.2 Å². The van der Waals surface area contributed by atoms with E-state index in [4.69, 9.17) is 22.7 Å². The zero-order valence-corrected chi connectivity index (χ0v) is 9.81. The normalized spacial score (nSPS) is 17.1. The highest BCUT2D eigenvalue weighted by molar-refractivity contribution is 7.80. The molecule has 3 N–H and O–H groups in total. The van der Waals surface area contributed by atoms with Crippen LogP contribution in [-0.2, 0) is 9.53 Å². The first-order valence-electron chi connectivity index (χ1n) is 5.31. The van der Waals surface area contributed by atoms with Crippen molar-refractivity contribution in [1.29, 1.82) is 0 Å². The molecule has 1 aliphatic carbocycles. The monoisotopic (exact) mass is 230 g/mol. The molecule has 86 valence electrons. The molecule has 1 saturated carbocycles. The number of thiocarbonyl (C=S) groups is 1. The first-order chi connectivity index (χ1) is 7.15. The summed E-state index contributed by atoms with van der Waals surface area (Å²) in [5.41, 5.74) is 5.57. The lowest BCUT2D eigenvalue weighted by Crippen LogP contribution is -2.45. The number of hydrogen-bond acceptors (Lipinski definition) is 3. The molecule has 0 radical (unpaired) electrons. The van der Waals surface area contributed by atoms with Gasteiger partial charge in [0.2, 0.25) is 5.91 Å². The zero-order valence-electron chi connectivity index (χ0n) is 8.99. The Bertz CT molecular complexity index is 242. The Balaban J connectivity index is 2.24. The minimum absolute atomic E-state index is 0.0341. The summed E-state index contributed by atoms with van der Waals surface area (Å²) in [6.45, 7) is 2.99. The fourth-order valence-electron chi connectivity index (χ4n) is 1.41. The van der Waals surface area contributed by atoms with Crippen LogP contribution in [0.15, 0.2) is 0 Å². The second kappa shape index (κ2) is 6.02. The Morgan fingerprint density at radius 2 is 2.33 bits per heavy atom. The fraction of sp³-hybridized carbons (Fsp3) is 0.800. The Morgan fingerprint density at radius 3 is 2.80 bits per heavy atom. The van der Waals surface area contributed by atoms with Gasteiger partial charge in [0.25, 0.3) is 0 Å². The Kier molecular flexibility index (Phi) is 4.98. The molecule has 1 rings (SSSR count). The summed E-state index contributed by atoms with van der Waals surface area (Å²) in [7, 11) is 0. The van der Waals surface area contributed by atoms with Gasteiger partial charge in [0.15, 0.2) is 0 Å². The van der Waals surface area contributed by atoms with Crippen LogP contribution in [0.4, 0.5) is 0 Å². The van der Waals surface area contributed by atoms with E-state index in [-0.39, 0.29) is 11.9 Å². The predicted molar refractivity (Wildman–Crippen MR) is 62.6 cm³/mol. The summed E-state index contributed by atoms with van der Waals surface area (Å²) >= 11 is 4.92. The fourth-order valence-corrected chi connectivity index (χ4v) is 1.66. The minimum atomic E-state index is -0.117. The third kappa shape index (κ3) is 4.57. The maximum Gasteiger partial charge on any atom is 0.222 e. The molecule has 1 amide bonds. The van der Waals surface area contributed by atoms with Crippen LogP contribution < -0.4 is 11.1 Å². The van der Waals surface area contributed by atoms with Gasteiger partial charge in [0.1, 0.15) is 0 Å². The van der Waals surface area contributed by atoms with E-state index in [1.54, 1.807) is 0 Å². The number of nitrogens with one attached hydrogen (secondary N) is 1. The largest absolute Gasteiger partial charge is 0.392 e. The van der Waals surface area contributed by atoms with Crippen LogP contribution in [0.3, 0.4) is 0 Å². The van der Waals surface area contributed by atoms with Crippen molar-refractivity contribution in [3.05, 3.63) is 0 Å². The molecule has 1 atom stereocenters. The molecule has 0 spiro atoms. The van der Waals surface area contributed by atoms with Gasteiger partial charge in [-0.15, -0.1) is 0 Å². The molecule has 0 aliphatic heterocycles. The van der Waals surface area contributed by atoms with E-state index in [0.29, 0.717) is 30.5 Å². The van der Waals surface area contributed by atoms with Crippen molar-refractivity contribution in [2.24, 2.45) is 11.7 Å². The first-order valence-corrected chi connectivity index (χ1v) is 5.72. The molecule has 0 aromatic rings. The standard InChI is InChI=1S/C10H18N2O2S/c1-2-14-6-5-8(13)12-9(10(11)15)7-3-4-7/h7,9H,2-6H2,1H3,(H2,11,15)(H,12,13). The predicted octanol–water partition coefficient (Wildman–Crippen LogP) is 0.594. The molecule has 4 nitrogen and oxygen atoms in total. The lowest BCUT2D eigenvalue weighted by Gasteiger charge is -2.16. The number of carbonyl (C=O) groups is 1. The van der Waals surface area contributed by atoms with Crippen molar-refractivity contribution >= 4 is 23.1 Å². The maximum absolute atomic E-state index is 11.5. The van der Waals surface area contributed by atoms with Crippen molar-refractivity contribution in [2.75, 3.05) is 13.2 Å². The Morgan fingerprint density at radius 1 is 1.67 bits per heavy atom. The highest BCUT2D eigenvalue weighted by atomic mass is 32.1. The van der Waals surface area contributed by atoms with E-state index in [1.165, 1.54) is 0 Å². The highest BCUT2D eigenvalue weighted by Crippen LogP contribution is 2.32.